The lowest BCUT2D eigenvalue weighted by atomic mass is 10.1. The first-order valence-electron chi connectivity index (χ1n) is 9.01. The predicted octanol–water partition coefficient (Wildman–Crippen LogP) is 4.33. The summed E-state index contributed by atoms with van der Waals surface area (Å²) in [5, 5.41) is 6.49. The smallest absolute Gasteiger partial charge is 0.422 e. The van der Waals surface area contributed by atoms with Gasteiger partial charge in [0.2, 0.25) is 5.88 Å². The Morgan fingerprint density at radius 1 is 1.14 bits per heavy atom. The molecule has 0 amide bonds. The number of aromatic nitrogens is 1. The fourth-order valence-electron chi connectivity index (χ4n) is 2.47. The van der Waals surface area contributed by atoms with Crippen molar-refractivity contribution in [1.29, 1.82) is 0 Å². The minimum atomic E-state index is -4.38. The van der Waals surface area contributed by atoms with Gasteiger partial charge in [0.1, 0.15) is 0 Å². The fourth-order valence-corrected chi connectivity index (χ4v) is 2.47. The Hall–Kier alpha value is -2.04. The number of nitrogens with zero attached hydrogens (tertiary/aromatic N) is 2. The minimum absolute atomic E-state index is 0. The van der Waals surface area contributed by atoms with E-state index in [1.807, 2.05) is 18.2 Å². The van der Waals surface area contributed by atoms with Gasteiger partial charge >= 0.3 is 6.18 Å². The van der Waals surface area contributed by atoms with Crippen LogP contribution in [0.5, 0.6) is 5.88 Å². The molecule has 9 heteroatoms. The number of ether oxygens (including phenoxy) is 1. The fraction of sp³-hybridized carbons (Fsp3) is 0.400. The molecule has 0 radical (unpaired) electrons. The van der Waals surface area contributed by atoms with E-state index in [1.165, 1.54) is 17.8 Å². The molecule has 2 rings (SSSR count). The second kappa shape index (κ2) is 12.5. The van der Waals surface area contributed by atoms with Crippen molar-refractivity contribution in [2.45, 2.75) is 38.5 Å². The number of nitrogens with one attached hydrogen (secondary N) is 2. The molecule has 1 aromatic carbocycles. The third kappa shape index (κ3) is 10.3. The lowest BCUT2D eigenvalue weighted by molar-refractivity contribution is -0.154. The number of rotatable bonds is 8. The van der Waals surface area contributed by atoms with Crippen molar-refractivity contribution in [3.63, 3.8) is 0 Å². The van der Waals surface area contributed by atoms with Gasteiger partial charge in [0.15, 0.2) is 12.6 Å². The van der Waals surface area contributed by atoms with Gasteiger partial charge < -0.3 is 15.4 Å². The lowest BCUT2D eigenvalue weighted by Gasteiger charge is -2.18. The van der Waals surface area contributed by atoms with Gasteiger partial charge in [0.25, 0.3) is 0 Å². The van der Waals surface area contributed by atoms with Gasteiger partial charge in [-0.1, -0.05) is 36.4 Å². The van der Waals surface area contributed by atoms with Gasteiger partial charge in [-0.2, -0.15) is 13.2 Å². The number of benzene rings is 1. The van der Waals surface area contributed by atoms with Crippen LogP contribution < -0.4 is 15.4 Å². The summed E-state index contributed by atoms with van der Waals surface area (Å²) in [5.41, 5.74) is 2.09. The first-order valence-corrected chi connectivity index (χ1v) is 9.01. The van der Waals surface area contributed by atoms with Crippen LogP contribution in [0.1, 0.15) is 24.5 Å². The summed E-state index contributed by atoms with van der Waals surface area (Å²) in [5.74, 6) is 0.594. The molecule has 160 valence electrons. The van der Waals surface area contributed by atoms with Crippen LogP contribution in [0.4, 0.5) is 13.2 Å². The third-order valence-corrected chi connectivity index (χ3v) is 3.96. The highest BCUT2D eigenvalue weighted by Gasteiger charge is 2.28. The first-order chi connectivity index (χ1) is 13.4. The first kappa shape index (κ1) is 25.0. The molecule has 1 atom stereocenters. The molecule has 0 spiro atoms. The molecule has 0 bridgehead atoms. The van der Waals surface area contributed by atoms with Crippen LogP contribution in [0, 0.1) is 0 Å². The van der Waals surface area contributed by atoms with Gasteiger partial charge in [-0.05, 0) is 30.9 Å². The number of alkyl halides is 3. The van der Waals surface area contributed by atoms with E-state index in [9.17, 15) is 13.2 Å². The molecule has 1 unspecified atom stereocenters. The van der Waals surface area contributed by atoms with E-state index >= 15 is 0 Å². The van der Waals surface area contributed by atoms with E-state index in [0.717, 1.165) is 18.4 Å². The van der Waals surface area contributed by atoms with E-state index in [4.69, 9.17) is 0 Å². The van der Waals surface area contributed by atoms with Crippen molar-refractivity contribution in [2.24, 2.45) is 4.99 Å². The van der Waals surface area contributed by atoms with Crippen LogP contribution in [0.3, 0.4) is 0 Å². The maximum Gasteiger partial charge on any atom is 0.422 e. The normalized spacial score (nSPS) is 12.7. The largest absolute Gasteiger partial charge is 0.468 e. The highest BCUT2D eigenvalue weighted by molar-refractivity contribution is 14.0. The molecule has 0 aliphatic carbocycles. The summed E-state index contributed by atoms with van der Waals surface area (Å²) >= 11 is 0. The standard InChI is InChI=1S/C20H25F3N4O.HI/c1-15(8-9-16-6-4-3-5-7-16)27-19(24-2)26-13-17-10-11-18(25-12-17)28-14-20(21,22)23;/h3-7,10-12,15H,8-9,13-14H2,1-2H3,(H2,24,26,27);1H. The second-order valence-electron chi connectivity index (χ2n) is 6.40. The van der Waals surface area contributed by atoms with E-state index in [2.05, 4.69) is 44.4 Å². The van der Waals surface area contributed by atoms with Crippen molar-refractivity contribution in [1.82, 2.24) is 15.6 Å². The van der Waals surface area contributed by atoms with Crippen LogP contribution in [0.15, 0.2) is 53.7 Å². The van der Waals surface area contributed by atoms with Gasteiger partial charge in [0, 0.05) is 31.9 Å². The number of hydrogen-bond acceptors (Lipinski definition) is 3. The van der Waals surface area contributed by atoms with Crippen LogP contribution in [0.2, 0.25) is 0 Å². The van der Waals surface area contributed by atoms with Crippen molar-refractivity contribution in [2.75, 3.05) is 13.7 Å². The molecule has 0 saturated heterocycles. The summed E-state index contributed by atoms with van der Waals surface area (Å²) in [4.78, 5) is 8.08. The molecular formula is C20H26F3IN4O. The zero-order chi connectivity index (χ0) is 20.4. The Balaban J connectivity index is 0.00000420. The van der Waals surface area contributed by atoms with Crippen molar-refractivity contribution in [3.05, 3.63) is 59.8 Å². The topological polar surface area (TPSA) is 58.5 Å². The lowest BCUT2D eigenvalue weighted by Crippen LogP contribution is -2.42. The Morgan fingerprint density at radius 3 is 2.45 bits per heavy atom. The molecule has 2 N–H and O–H groups in total. The summed E-state index contributed by atoms with van der Waals surface area (Å²) in [6.07, 6.45) is -0.977. The number of halogens is 4. The average molecular weight is 522 g/mol. The Labute approximate surface area is 186 Å². The van der Waals surface area contributed by atoms with E-state index in [0.29, 0.717) is 12.5 Å². The zero-order valence-corrected chi connectivity index (χ0v) is 18.7. The van der Waals surface area contributed by atoms with Gasteiger partial charge in [-0.15, -0.1) is 24.0 Å². The zero-order valence-electron chi connectivity index (χ0n) is 16.4. The number of pyridine rings is 1. The molecule has 1 heterocycles. The molecule has 1 aromatic heterocycles. The molecule has 0 fully saturated rings. The summed E-state index contributed by atoms with van der Waals surface area (Å²) in [7, 11) is 1.69. The van der Waals surface area contributed by atoms with Crippen LogP contribution in [-0.4, -0.2) is 36.8 Å². The van der Waals surface area contributed by atoms with Crippen molar-refractivity contribution in [3.8, 4) is 5.88 Å². The number of aryl methyl sites for hydroxylation is 1. The highest BCUT2D eigenvalue weighted by atomic mass is 127. The molecule has 0 aliphatic heterocycles. The molecule has 29 heavy (non-hydrogen) atoms. The Morgan fingerprint density at radius 2 is 1.86 bits per heavy atom. The van der Waals surface area contributed by atoms with Gasteiger partial charge in [0.05, 0.1) is 0 Å². The summed E-state index contributed by atoms with van der Waals surface area (Å²) < 4.78 is 41.0. The second-order valence-corrected chi connectivity index (χ2v) is 6.40. The molecule has 5 nitrogen and oxygen atoms in total. The molecular weight excluding hydrogens is 496 g/mol. The third-order valence-electron chi connectivity index (χ3n) is 3.96. The van der Waals surface area contributed by atoms with Crippen molar-refractivity contribution >= 4 is 29.9 Å². The monoisotopic (exact) mass is 522 g/mol. The van der Waals surface area contributed by atoms with Crippen LogP contribution in [-0.2, 0) is 13.0 Å². The van der Waals surface area contributed by atoms with Gasteiger partial charge in [-0.25, -0.2) is 4.98 Å². The quantitative estimate of drug-likeness (QED) is 0.308. The molecule has 0 aliphatic rings. The maximum atomic E-state index is 12.1. The Bertz CT molecular complexity index is 740. The van der Waals surface area contributed by atoms with Gasteiger partial charge in [-0.3, -0.25) is 4.99 Å². The van der Waals surface area contributed by atoms with Crippen LogP contribution in [0.25, 0.3) is 0 Å². The van der Waals surface area contributed by atoms with E-state index < -0.39 is 12.8 Å². The van der Waals surface area contributed by atoms with E-state index in [1.54, 1.807) is 13.1 Å². The predicted molar refractivity (Wildman–Crippen MR) is 119 cm³/mol. The summed E-state index contributed by atoms with van der Waals surface area (Å²) in [6.45, 7) is 1.18. The average Bonchev–Trinajstić information content (AvgIpc) is 2.69. The molecule has 0 saturated carbocycles. The highest BCUT2D eigenvalue weighted by Crippen LogP contribution is 2.17. The minimum Gasteiger partial charge on any atom is -0.468 e. The summed E-state index contributed by atoms with van der Waals surface area (Å²) in [6, 6.07) is 13.6. The molecule has 2 aromatic rings. The van der Waals surface area contributed by atoms with Crippen LogP contribution >= 0.6 is 24.0 Å². The number of hydrogen-bond donors (Lipinski definition) is 2. The Kier molecular flexibility index (Phi) is 10.8. The SMILES string of the molecule is CN=C(NCc1ccc(OCC(F)(F)F)nc1)NC(C)CCc1ccccc1.I. The number of guanidine groups is 1. The maximum absolute atomic E-state index is 12.1. The van der Waals surface area contributed by atoms with E-state index in [-0.39, 0.29) is 35.9 Å². The van der Waals surface area contributed by atoms with Crippen molar-refractivity contribution < 1.29 is 17.9 Å². The number of aliphatic imine (C=N–C) groups is 1.